The van der Waals surface area contributed by atoms with Crippen LogP contribution in [-0.4, -0.2) is 42.4 Å². The van der Waals surface area contributed by atoms with Crippen LogP contribution in [0, 0.1) is 0 Å². The van der Waals surface area contributed by atoms with Gasteiger partial charge in [0.2, 0.25) is 0 Å². The van der Waals surface area contributed by atoms with E-state index in [2.05, 4.69) is 15.3 Å². The number of rotatable bonds is 3. The van der Waals surface area contributed by atoms with Crippen molar-refractivity contribution in [1.29, 1.82) is 0 Å². The zero-order valence-electron chi connectivity index (χ0n) is 7.85. The quantitative estimate of drug-likeness (QED) is 0.752. The highest BCUT2D eigenvalue weighted by Gasteiger charge is 2.13. The summed E-state index contributed by atoms with van der Waals surface area (Å²) in [6.07, 6.45) is 5.10. The summed E-state index contributed by atoms with van der Waals surface area (Å²) in [4.78, 5) is 8.04. The second-order valence-corrected chi connectivity index (χ2v) is 3.04. The first kappa shape index (κ1) is 9.36. The van der Waals surface area contributed by atoms with E-state index in [1.54, 1.807) is 18.6 Å². The third kappa shape index (κ3) is 2.65. The van der Waals surface area contributed by atoms with E-state index in [9.17, 15) is 0 Å². The van der Waals surface area contributed by atoms with Crippen LogP contribution in [0.1, 0.15) is 0 Å². The molecule has 2 rings (SSSR count). The molecule has 1 aromatic heterocycles. The molecule has 0 bridgehead atoms. The molecule has 76 valence electrons. The minimum atomic E-state index is 0.116. The number of aromatic nitrogens is 2. The van der Waals surface area contributed by atoms with Crippen LogP contribution in [0.2, 0.25) is 0 Å². The molecule has 1 fully saturated rings. The van der Waals surface area contributed by atoms with Gasteiger partial charge in [-0.05, 0) is 0 Å². The number of hydrogen-bond acceptors (Lipinski definition) is 5. The van der Waals surface area contributed by atoms with Crippen LogP contribution in [0.25, 0.3) is 0 Å². The molecule has 0 radical (unpaired) electrons. The van der Waals surface area contributed by atoms with Crippen molar-refractivity contribution < 1.29 is 9.47 Å². The molecule has 0 amide bonds. The topological polar surface area (TPSA) is 56.3 Å². The zero-order chi connectivity index (χ0) is 9.64. The summed E-state index contributed by atoms with van der Waals surface area (Å²) in [5.41, 5.74) is 0. The van der Waals surface area contributed by atoms with Crippen molar-refractivity contribution in [1.82, 2.24) is 9.97 Å². The summed E-state index contributed by atoms with van der Waals surface area (Å²) in [5.74, 6) is 0.765. The largest absolute Gasteiger partial charge is 0.376 e. The zero-order valence-corrected chi connectivity index (χ0v) is 7.85. The maximum Gasteiger partial charge on any atom is 0.144 e. The van der Waals surface area contributed by atoms with E-state index in [0.717, 1.165) is 5.82 Å². The van der Waals surface area contributed by atoms with Crippen molar-refractivity contribution in [2.45, 2.75) is 6.10 Å². The van der Waals surface area contributed by atoms with Gasteiger partial charge in [0, 0.05) is 18.9 Å². The van der Waals surface area contributed by atoms with Crippen LogP contribution in [0.5, 0.6) is 0 Å². The molecule has 1 N–H and O–H groups in total. The van der Waals surface area contributed by atoms with Crippen LogP contribution >= 0.6 is 0 Å². The first-order chi connectivity index (χ1) is 6.95. The number of ether oxygens (including phenoxy) is 2. The Morgan fingerprint density at radius 3 is 3.14 bits per heavy atom. The fourth-order valence-corrected chi connectivity index (χ4v) is 1.26. The molecule has 1 aromatic rings. The lowest BCUT2D eigenvalue weighted by molar-refractivity contribution is -0.0819. The molecule has 1 atom stereocenters. The third-order valence-electron chi connectivity index (χ3n) is 1.96. The molecule has 5 nitrogen and oxygen atoms in total. The summed E-state index contributed by atoms with van der Waals surface area (Å²) < 4.78 is 10.7. The van der Waals surface area contributed by atoms with Gasteiger partial charge >= 0.3 is 0 Å². The van der Waals surface area contributed by atoms with E-state index < -0.39 is 0 Å². The van der Waals surface area contributed by atoms with Gasteiger partial charge in [-0.3, -0.25) is 4.98 Å². The van der Waals surface area contributed by atoms with Crippen molar-refractivity contribution in [3.8, 4) is 0 Å². The molecule has 0 saturated carbocycles. The van der Waals surface area contributed by atoms with Crippen molar-refractivity contribution in [3.05, 3.63) is 18.6 Å². The summed E-state index contributed by atoms with van der Waals surface area (Å²) in [5, 5.41) is 3.14. The monoisotopic (exact) mass is 195 g/mol. The molecule has 0 spiro atoms. The van der Waals surface area contributed by atoms with Gasteiger partial charge in [0.15, 0.2) is 0 Å². The molecule has 14 heavy (non-hydrogen) atoms. The average Bonchev–Trinajstić information content (AvgIpc) is 2.29. The van der Waals surface area contributed by atoms with Crippen molar-refractivity contribution >= 4 is 5.82 Å². The number of nitrogens with zero attached hydrogens (tertiary/aromatic N) is 2. The highest BCUT2D eigenvalue weighted by atomic mass is 16.6. The van der Waals surface area contributed by atoms with Crippen LogP contribution in [0.4, 0.5) is 5.82 Å². The molecule has 1 aliphatic heterocycles. The van der Waals surface area contributed by atoms with Gasteiger partial charge in [0.1, 0.15) is 5.82 Å². The second kappa shape index (κ2) is 4.88. The van der Waals surface area contributed by atoms with Crippen molar-refractivity contribution in [2.24, 2.45) is 0 Å². The van der Waals surface area contributed by atoms with Gasteiger partial charge in [-0.1, -0.05) is 0 Å². The van der Waals surface area contributed by atoms with E-state index in [-0.39, 0.29) is 6.10 Å². The van der Waals surface area contributed by atoms with Gasteiger partial charge in [-0.25, -0.2) is 4.98 Å². The molecule has 2 heterocycles. The Morgan fingerprint density at radius 2 is 2.43 bits per heavy atom. The Kier molecular flexibility index (Phi) is 3.26. The highest BCUT2D eigenvalue weighted by Crippen LogP contribution is 2.03. The predicted octanol–water partition coefficient (Wildman–Crippen LogP) is 0.304. The maximum atomic E-state index is 5.46. The molecule has 5 heteroatoms. The van der Waals surface area contributed by atoms with Gasteiger partial charge in [0.05, 0.1) is 32.1 Å². The van der Waals surface area contributed by atoms with E-state index >= 15 is 0 Å². The molecule has 1 unspecified atom stereocenters. The lowest BCUT2D eigenvalue weighted by Gasteiger charge is -2.23. The van der Waals surface area contributed by atoms with E-state index in [0.29, 0.717) is 26.4 Å². The normalized spacial score (nSPS) is 21.9. The van der Waals surface area contributed by atoms with Crippen molar-refractivity contribution in [2.75, 3.05) is 31.7 Å². The Hall–Kier alpha value is -1.20. The predicted molar refractivity (Wildman–Crippen MR) is 51.1 cm³/mol. The molecule has 1 aliphatic rings. The number of nitrogens with one attached hydrogen (secondary N) is 1. The molecule has 0 aromatic carbocycles. The highest BCUT2D eigenvalue weighted by molar-refractivity contribution is 5.29. The van der Waals surface area contributed by atoms with Crippen molar-refractivity contribution in [3.63, 3.8) is 0 Å². The summed E-state index contributed by atoms with van der Waals surface area (Å²) in [7, 11) is 0. The summed E-state index contributed by atoms with van der Waals surface area (Å²) >= 11 is 0. The number of hydrogen-bond donors (Lipinski definition) is 1. The first-order valence-electron chi connectivity index (χ1n) is 4.64. The standard InChI is InChI=1S/C9H13N3O2/c1-2-11-9(6-10-1)12-5-8-7-13-3-4-14-8/h1-2,6,8H,3-5,7H2,(H,11,12). The number of anilines is 1. The first-order valence-corrected chi connectivity index (χ1v) is 4.64. The SMILES string of the molecule is c1cnc(NCC2COCCO2)cn1. The summed E-state index contributed by atoms with van der Waals surface area (Å²) in [6, 6.07) is 0. The fourth-order valence-electron chi connectivity index (χ4n) is 1.26. The van der Waals surface area contributed by atoms with Gasteiger partial charge in [0.25, 0.3) is 0 Å². The van der Waals surface area contributed by atoms with Crippen LogP contribution in [0.3, 0.4) is 0 Å². The molecule has 0 aliphatic carbocycles. The van der Waals surface area contributed by atoms with Crippen LogP contribution in [0.15, 0.2) is 18.6 Å². The Bertz CT molecular complexity index is 262. The van der Waals surface area contributed by atoms with E-state index in [1.807, 2.05) is 0 Å². The van der Waals surface area contributed by atoms with E-state index in [1.165, 1.54) is 0 Å². The fraction of sp³-hybridized carbons (Fsp3) is 0.556. The van der Waals surface area contributed by atoms with Crippen LogP contribution < -0.4 is 5.32 Å². The molecule has 1 saturated heterocycles. The maximum absolute atomic E-state index is 5.46. The van der Waals surface area contributed by atoms with Gasteiger partial charge in [-0.2, -0.15) is 0 Å². The minimum Gasteiger partial charge on any atom is -0.376 e. The Labute approximate surface area is 82.5 Å². The van der Waals surface area contributed by atoms with Gasteiger partial charge < -0.3 is 14.8 Å². The summed E-state index contributed by atoms with van der Waals surface area (Å²) in [6.45, 7) is 2.72. The lowest BCUT2D eigenvalue weighted by atomic mass is 10.3. The Morgan fingerprint density at radius 1 is 1.43 bits per heavy atom. The lowest BCUT2D eigenvalue weighted by Crippen LogP contribution is -2.34. The second-order valence-electron chi connectivity index (χ2n) is 3.04. The molecular weight excluding hydrogens is 182 g/mol. The average molecular weight is 195 g/mol. The third-order valence-corrected chi connectivity index (χ3v) is 1.96. The smallest absolute Gasteiger partial charge is 0.144 e. The van der Waals surface area contributed by atoms with Gasteiger partial charge in [-0.15, -0.1) is 0 Å². The van der Waals surface area contributed by atoms with Crippen LogP contribution in [-0.2, 0) is 9.47 Å². The Balaban J connectivity index is 1.76. The van der Waals surface area contributed by atoms with E-state index in [4.69, 9.17) is 9.47 Å². The minimum absolute atomic E-state index is 0.116. The molecular formula is C9H13N3O2.